The number of pyridine rings is 1. The van der Waals surface area contributed by atoms with E-state index in [0.29, 0.717) is 60.1 Å². The number of rotatable bonds is 15. The second kappa shape index (κ2) is 17.6. The fourth-order valence-corrected chi connectivity index (χ4v) is 6.81. The average molecular weight is 754 g/mol. The summed E-state index contributed by atoms with van der Waals surface area (Å²) in [5.41, 5.74) is 3.92. The Morgan fingerprint density at radius 1 is 1.00 bits per heavy atom. The third kappa shape index (κ3) is 10.1. The highest BCUT2D eigenvalue weighted by Crippen LogP contribution is 2.32. The molecule has 1 fully saturated rings. The zero-order chi connectivity index (χ0) is 40.0. The Morgan fingerprint density at radius 2 is 1.76 bits per heavy atom. The molecular weight excluding hydrogens is 702 g/mol. The molecule has 0 saturated carbocycles. The number of carbonyl (C=O) groups excluding carboxylic acids is 6. The summed E-state index contributed by atoms with van der Waals surface area (Å²) in [6.45, 7) is 13.0. The Labute approximate surface area is 321 Å². The van der Waals surface area contributed by atoms with Crippen molar-refractivity contribution >= 4 is 58.5 Å². The van der Waals surface area contributed by atoms with E-state index in [9.17, 15) is 28.8 Å². The van der Waals surface area contributed by atoms with Crippen molar-refractivity contribution in [3.8, 4) is 0 Å². The molecule has 2 aliphatic rings. The zero-order valence-corrected chi connectivity index (χ0v) is 32.6. The van der Waals surface area contributed by atoms with Crippen LogP contribution in [0.5, 0.6) is 0 Å². The molecule has 3 atom stereocenters. The number of nitrogens with one attached hydrogen (secondary N) is 4. The van der Waals surface area contributed by atoms with Gasteiger partial charge in [-0.25, -0.2) is 9.78 Å². The zero-order valence-electron chi connectivity index (χ0n) is 32.6. The van der Waals surface area contributed by atoms with Gasteiger partial charge in [-0.05, 0) is 75.6 Å². The van der Waals surface area contributed by atoms with Gasteiger partial charge in [-0.2, -0.15) is 4.98 Å². The number of nitrogens with zero attached hydrogens (tertiary/aromatic N) is 5. The van der Waals surface area contributed by atoms with Crippen LogP contribution in [0.4, 0.5) is 27.9 Å². The third-order valence-corrected chi connectivity index (χ3v) is 9.97. The first-order valence-corrected chi connectivity index (χ1v) is 18.8. The van der Waals surface area contributed by atoms with Gasteiger partial charge in [-0.3, -0.25) is 39.2 Å². The van der Waals surface area contributed by atoms with E-state index < -0.39 is 35.8 Å². The smallest absolute Gasteiger partial charge is 0.327 e. The molecule has 3 aromatic rings. The number of anilines is 4. The molecule has 0 radical (unpaired) electrons. The van der Waals surface area contributed by atoms with E-state index in [1.165, 1.54) is 16.7 Å². The monoisotopic (exact) mass is 753 g/mol. The fourth-order valence-electron chi connectivity index (χ4n) is 6.81. The highest BCUT2D eigenvalue weighted by atomic mass is 16.2. The number of hydrogen-bond acceptors (Lipinski definition) is 10. The van der Waals surface area contributed by atoms with Crippen molar-refractivity contribution in [2.24, 2.45) is 17.8 Å². The number of Topliss-reactive ketones (excluding diaryl/α,β-unsaturated/α-hetero) is 2. The number of amides is 5. The van der Waals surface area contributed by atoms with Crippen LogP contribution in [0.2, 0.25) is 0 Å². The van der Waals surface area contributed by atoms with Crippen molar-refractivity contribution in [1.29, 1.82) is 0 Å². The van der Waals surface area contributed by atoms with E-state index >= 15 is 0 Å². The van der Waals surface area contributed by atoms with E-state index in [1.54, 1.807) is 30.6 Å². The van der Waals surface area contributed by atoms with Crippen LogP contribution in [0.1, 0.15) is 87.5 Å². The lowest BCUT2D eigenvalue weighted by molar-refractivity contribution is -0.142. The van der Waals surface area contributed by atoms with Crippen LogP contribution < -0.4 is 26.2 Å². The molecule has 2 aliphatic heterocycles. The fraction of sp³-hybridized carbons (Fsp3) is 0.475. The summed E-state index contributed by atoms with van der Waals surface area (Å²) in [7, 11) is 0. The number of hydrogen-bond donors (Lipinski definition) is 4. The molecule has 5 rings (SSSR count). The van der Waals surface area contributed by atoms with Gasteiger partial charge in [0.05, 0.1) is 31.0 Å². The molecule has 1 aromatic carbocycles. The standard InChI is InChI=1S/C40H51N9O6/c1-22(2)15-31(26(7)50)45-35(52)20-42-37(53)32-9-8-14-48(32)38(54)30(23(3)4)17-34(51)27-12-10-24(5)33(16-27)49-21-28-18-43-39(46-36(28)47-40(49)55)44-29-13-11-25(6)41-19-29/h10-13,16,18-19,22-23,30-32H,8-9,14-15,17,20-21H2,1-7H3,(H,42,53)(H,45,52)(H2,43,44,46,47,55)/t30-,31-,32-/m0/s1. The van der Waals surface area contributed by atoms with Crippen LogP contribution >= 0.6 is 0 Å². The van der Waals surface area contributed by atoms with Crippen LogP contribution in [-0.4, -0.2) is 80.3 Å². The van der Waals surface area contributed by atoms with Crippen molar-refractivity contribution in [2.75, 3.05) is 28.6 Å². The van der Waals surface area contributed by atoms with Crippen LogP contribution in [0, 0.1) is 31.6 Å². The number of benzene rings is 1. The molecule has 5 amide bonds. The maximum absolute atomic E-state index is 14.0. The van der Waals surface area contributed by atoms with E-state index in [0.717, 1.165) is 11.3 Å². The van der Waals surface area contributed by atoms with Gasteiger partial charge in [0.15, 0.2) is 11.6 Å². The minimum Gasteiger partial charge on any atom is -0.345 e. The molecule has 4 N–H and O–H groups in total. The third-order valence-electron chi connectivity index (χ3n) is 9.97. The maximum atomic E-state index is 14.0. The van der Waals surface area contributed by atoms with Crippen LogP contribution in [-0.2, 0) is 25.7 Å². The van der Waals surface area contributed by atoms with Gasteiger partial charge < -0.3 is 20.9 Å². The largest absolute Gasteiger partial charge is 0.345 e. The molecule has 0 unspecified atom stereocenters. The van der Waals surface area contributed by atoms with Crippen LogP contribution in [0.15, 0.2) is 42.7 Å². The molecule has 15 nitrogen and oxygen atoms in total. The lowest BCUT2D eigenvalue weighted by Gasteiger charge is -2.31. The Bertz CT molecular complexity index is 1950. The number of likely N-dealkylation sites (tertiary alicyclic amines) is 1. The van der Waals surface area contributed by atoms with Crippen molar-refractivity contribution in [3.05, 3.63) is 65.1 Å². The molecule has 0 bridgehead atoms. The van der Waals surface area contributed by atoms with Gasteiger partial charge in [0.1, 0.15) is 11.9 Å². The van der Waals surface area contributed by atoms with E-state index in [-0.39, 0.29) is 48.8 Å². The minimum absolute atomic E-state index is 0.0936. The number of aromatic nitrogens is 3. The molecule has 0 spiro atoms. The van der Waals surface area contributed by atoms with Crippen molar-refractivity contribution in [1.82, 2.24) is 30.5 Å². The molecule has 0 aliphatic carbocycles. The van der Waals surface area contributed by atoms with Gasteiger partial charge in [-0.15, -0.1) is 0 Å². The van der Waals surface area contributed by atoms with Crippen molar-refractivity contribution in [3.63, 3.8) is 0 Å². The number of fused-ring (bicyclic) bond motifs is 1. The summed E-state index contributed by atoms with van der Waals surface area (Å²) >= 11 is 0. The highest BCUT2D eigenvalue weighted by Gasteiger charge is 2.39. The second-order valence-corrected chi connectivity index (χ2v) is 15.1. The van der Waals surface area contributed by atoms with Crippen molar-refractivity contribution in [2.45, 2.75) is 92.8 Å². The number of carbonyl (C=O) groups is 6. The first-order valence-electron chi connectivity index (χ1n) is 18.8. The lowest BCUT2D eigenvalue weighted by Crippen LogP contribution is -2.51. The average Bonchev–Trinajstić information content (AvgIpc) is 3.63. The number of ketones is 2. The summed E-state index contributed by atoms with van der Waals surface area (Å²) in [5.74, 6) is -1.70. The topological polar surface area (TPSA) is 196 Å². The summed E-state index contributed by atoms with van der Waals surface area (Å²) in [4.78, 5) is 95.3. The highest BCUT2D eigenvalue weighted by molar-refractivity contribution is 6.06. The molecular formula is C40H51N9O6. The first kappa shape index (κ1) is 40.5. The SMILES string of the molecule is CC(=O)[C@H](CC(C)C)NC(=O)CNC(=O)[C@@H]1CCCN1C(=O)[C@@H](CC(=O)c1ccc(C)c(N2Cc3cnc(Nc4ccc(C)nc4)nc3NC2=O)c1)C(C)C. The van der Waals surface area contributed by atoms with Gasteiger partial charge >= 0.3 is 6.03 Å². The predicted molar refractivity (Wildman–Crippen MR) is 208 cm³/mol. The van der Waals surface area contributed by atoms with Crippen LogP contribution in [0.25, 0.3) is 0 Å². The quantitative estimate of drug-likeness (QED) is 0.156. The molecule has 4 heterocycles. The summed E-state index contributed by atoms with van der Waals surface area (Å²) in [6, 6.07) is 7.02. The Hall–Kier alpha value is -5.73. The minimum atomic E-state index is -0.780. The Morgan fingerprint density at radius 3 is 2.44 bits per heavy atom. The van der Waals surface area contributed by atoms with Gasteiger partial charge in [-0.1, -0.05) is 39.8 Å². The normalized spacial score (nSPS) is 16.3. The van der Waals surface area contributed by atoms with Gasteiger partial charge in [0.25, 0.3) is 0 Å². The predicted octanol–water partition coefficient (Wildman–Crippen LogP) is 4.86. The molecule has 15 heteroatoms. The summed E-state index contributed by atoms with van der Waals surface area (Å²) in [5, 5.41) is 11.2. The van der Waals surface area contributed by atoms with Gasteiger partial charge in [0.2, 0.25) is 23.7 Å². The van der Waals surface area contributed by atoms with E-state index in [4.69, 9.17) is 0 Å². The first-order chi connectivity index (χ1) is 26.1. The second-order valence-electron chi connectivity index (χ2n) is 15.1. The maximum Gasteiger partial charge on any atom is 0.327 e. The Kier molecular flexibility index (Phi) is 12.9. The van der Waals surface area contributed by atoms with Crippen LogP contribution in [0.3, 0.4) is 0 Å². The number of urea groups is 1. The van der Waals surface area contributed by atoms with Gasteiger partial charge in [0, 0.05) is 47.6 Å². The molecule has 55 heavy (non-hydrogen) atoms. The molecule has 2 aromatic heterocycles. The van der Waals surface area contributed by atoms with E-state index in [1.807, 2.05) is 53.7 Å². The lowest BCUT2D eigenvalue weighted by atomic mass is 9.87. The number of aryl methyl sites for hydroxylation is 2. The molecule has 1 saturated heterocycles. The Balaban J connectivity index is 1.23. The summed E-state index contributed by atoms with van der Waals surface area (Å²) in [6.07, 6.45) is 4.74. The molecule has 292 valence electrons. The van der Waals surface area contributed by atoms with E-state index in [2.05, 4.69) is 36.2 Å². The summed E-state index contributed by atoms with van der Waals surface area (Å²) < 4.78 is 0. The van der Waals surface area contributed by atoms with Crippen molar-refractivity contribution < 1.29 is 28.8 Å².